The Labute approximate surface area is 329 Å². The van der Waals surface area contributed by atoms with Crippen molar-refractivity contribution in [3.8, 4) is 0 Å². The van der Waals surface area contributed by atoms with Crippen LogP contribution in [0.1, 0.15) is 57.5 Å². The van der Waals surface area contributed by atoms with Gasteiger partial charge < -0.3 is 34.7 Å². The van der Waals surface area contributed by atoms with Crippen LogP contribution in [0.4, 0.5) is 19.7 Å². The Bertz CT molecular complexity index is 1960. The quantitative estimate of drug-likeness (QED) is 0.102. The summed E-state index contributed by atoms with van der Waals surface area (Å²) in [7, 11) is -4.51. The maximum absolute atomic E-state index is 15.2. The number of nitrogens with one attached hydrogen (secondary N) is 3. The minimum Gasteiger partial charge on any atom is -0.480 e. The number of carbonyl (C=O) groups is 5. The Morgan fingerprint density at radius 3 is 2.39 bits per heavy atom. The number of aliphatic carboxylic acids is 1. The van der Waals surface area contributed by atoms with Gasteiger partial charge in [-0.3, -0.25) is 19.4 Å². The van der Waals surface area contributed by atoms with Crippen molar-refractivity contribution in [3.05, 3.63) is 72.3 Å². The van der Waals surface area contributed by atoms with Crippen molar-refractivity contribution in [1.82, 2.24) is 19.8 Å². The van der Waals surface area contributed by atoms with Crippen molar-refractivity contribution in [3.63, 3.8) is 0 Å². The third kappa shape index (κ3) is 10.6. The molecule has 2 aliphatic heterocycles. The van der Waals surface area contributed by atoms with E-state index in [4.69, 9.17) is 24.1 Å². The maximum atomic E-state index is 15.2. The molecular weight excluding hydrogens is 770 g/mol. The first kappa shape index (κ1) is 42.9. The van der Waals surface area contributed by atoms with Gasteiger partial charge in [0.1, 0.15) is 34.8 Å². The summed E-state index contributed by atoms with van der Waals surface area (Å²) < 4.78 is 66.1. The molecule has 0 aromatic heterocycles. The number of amides is 4. The number of likely N-dealkylation sites (tertiary alicyclic amines) is 1. The molecule has 1 saturated carbocycles. The molecule has 2 fully saturated rings. The second kappa shape index (κ2) is 17.9. The number of anilines is 1. The molecule has 310 valence electrons. The van der Waals surface area contributed by atoms with Crippen molar-refractivity contribution in [1.29, 1.82) is 0 Å². The van der Waals surface area contributed by atoms with Crippen LogP contribution in [-0.2, 0) is 49.9 Å². The normalized spacial score (nSPS) is 22.6. The second-order valence-electron chi connectivity index (χ2n) is 14.8. The SMILES string of the molecule is C=C[C@@H]1C[C@]1(NC(=O)[C@@H]1C[C@@H](OC(=O)N2Cc3ccccc3C2F)CN1C(=O)OC(C)(C)C)C(=O)NS(=O)(=O)c1ccccc1NCCOCCCOCC(=O)O. The molecule has 57 heavy (non-hydrogen) atoms. The summed E-state index contributed by atoms with van der Waals surface area (Å²) in [6.45, 7) is 8.77. The first-order valence-corrected chi connectivity index (χ1v) is 19.8. The average Bonchev–Trinajstić information content (AvgIpc) is 3.52. The van der Waals surface area contributed by atoms with Crippen LogP contribution in [0.3, 0.4) is 0 Å². The lowest BCUT2D eigenvalue weighted by molar-refractivity contribution is -0.142. The molecule has 4 N–H and O–H groups in total. The predicted octanol–water partition coefficient (Wildman–Crippen LogP) is 3.47. The molecule has 0 bridgehead atoms. The third-order valence-corrected chi connectivity index (χ3v) is 10.8. The molecule has 1 unspecified atom stereocenters. The minimum absolute atomic E-state index is 0.00710. The lowest BCUT2D eigenvalue weighted by Gasteiger charge is -2.29. The number of carbonyl (C=O) groups excluding carboxylic acids is 4. The monoisotopic (exact) mass is 817 g/mol. The van der Waals surface area contributed by atoms with Gasteiger partial charge >= 0.3 is 18.2 Å². The Balaban J connectivity index is 1.23. The standard InChI is InChI=1S/C38H48FN5O12S/c1-5-25-20-38(25,34(48)42-57(51,52)30-14-9-8-13-28(30)40-15-18-53-16-10-17-54-23-31(45)46)41-33(47)29-19-26(22-43(29)36(50)56-37(2,3)4)55-35(49)44-21-24-11-6-7-12-27(24)32(44)39/h5-9,11-14,25-26,29,32,40H,1,10,15-23H2,2-4H3,(H,41,47)(H,42,48)(H,45,46)/t25-,26-,29+,32?,38-/m1/s1. The molecule has 0 radical (unpaired) electrons. The lowest BCUT2D eigenvalue weighted by Crippen LogP contribution is -2.56. The fourth-order valence-electron chi connectivity index (χ4n) is 6.60. The Kier molecular flexibility index (Phi) is 13.5. The smallest absolute Gasteiger partial charge is 0.412 e. The minimum atomic E-state index is -4.51. The number of ether oxygens (including phenoxy) is 4. The number of carboxylic acid groups (broad SMARTS) is 1. The van der Waals surface area contributed by atoms with E-state index >= 15 is 4.39 Å². The van der Waals surface area contributed by atoms with E-state index in [2.05, 4.69) is 21.9 Å². The van der Waals surface area contributed by atoms with Crippen LogP contribution in [0.2, 0.25) is 0 Å². The van der Waals surface area contributed by atoms with Crippen molar-refractivity contribution >= 4 is 45.7 Å². The topological polar surface area (TPSA) is 219 Å². The third-order valence-electron chi connectivity index (χ3n) is 9.44. The average molecular weight is 818 g/mol. The molecule has 2 aromatic carbocycles. The van der Waals surface area contributed by atoms with Crippen molar-refractivity contribution < 1.29 is 60.8 Å². The van der Waals surface area contributed by atoms with Crippen LogP contribution in [0.25, 0.3) is 0 Å². The largest absolute Gasteiger partial charge is 0.480 e. The number of fused-ring (bicyclic) bond motifs is 1. The van der Waals surface area contributed by atoms with Gasteiger partial charge in [0, 0.05) is 37.7 Å². The maximum Gasteiger partial charge on any atom is 0.412 e. The zero-order valence-electron chi connectivity index (χ0n) is 31.9. The highest BCUT2D eigenvalue weighted by Gasteiger charge is 2.61. The zero-order chi connectivity index (χ0) is 41.5. The van der Waals surface area contributed by atoms with Gasteiger partial charge in [-0.1, -0.05) is 42.5 Å². The summed E-state index contributed by atoms with van der Waals surface area (Å²) in [5.74, 6) is -3.60. The molecular formula is C38H48FN5O12S. The van der Waals surface area contributed by atoms with Crippen LogP contribution in [0.15, 0.2) is 66.1 Å². The summed E-state index contributed by atoms with van der Waals surface area (Å²) in [6.07, 6.45) is -3.02. The first-order chi connectivity index (χ1) is 27.0. The van der Waals surface area contributed by atoms with Crippen LogP contribution in [0.5, 0.6) is 0 Å². The first-order valence-electron chi connectivity index (χ1n) is 18.4. The molecule has 3 aliphatic rings. The number of alkyl halides is 1. The molecule has 4 amide bonds. The lowest BCUT2D eigenvalue weighted by atomic mass is 10.1. The molecule has 1 aliphatic carbocycles. The molecule has 2 aromatic rings. The van der Waals surface area contributed by atoms with Crippen LogP contribution < -0.4 is 15.4 Å². The number of sulfonamides is 1. The highest BCUT2D eigenvalue weighted by atomic mass is 32.2. The number of nitrogens with zero attached hydrogens (tertiary/aromatic N) is 2. The fourth-order valence-corrected chi connectivity index (χ4v) is 7.82. The molecule has 5 atom stereocenters. The molecule has 17 nitrogen and oxygen atoms in total. The van der Waals surface area contributed by atoms with E-state index in [1.807, 2.05) is 0 Å². The summed E-state index contributed by atoms with van der Waals surface area (Å²) >= 11 is 0. The number of benzene rings is 2. The number of rotatable bonds is 17. The van der Waals surface area contributed by atoms with Gasteiger partial charge in [0.15, 0.2) is 0 Å². The van der Waals surface area contributed by atoms with E-state index in [0.717, 1.165) is 9.80 Å². The zero-order valence-corrected chi connectivity index (χ0v) is 32.7. The predicted molar refractivity (Wildman–Crippen MR) is 201 cm³/mol. The summed E-state index contributed by atoms with van der Waals surface area (Å²) in [5.41, 5.74) is -1.58. The van der Waals surface area contributed by atoms with E-state index in [1.54, 1.807) is 51.1 Å². The number of hydrogen-bond acceptors (Lipinski definition) is 12. The van der Waals surface area contributed by atoms with Crippen LogP contribution >= 0.6 is 0 Å². The highest BCUT2D eigenvalue weighted by molar-refractivity contribution is 7.90. The fraction of sp³-hybridized carbons (Fsp3) is 0.500. The van der Waals surface area contributed by atoms with Crippen LogP contribution in [0, 0.1) is 5.92 Å². The van der Waals surface area contributed by atoms with E-state index in [9.17, 15) is 32.4 Å². The molecule has 1 saturated heterocycles. The van der Waals surface area contributed by atoms with E-state index < -0.39 is 82.1 Å². The van der Waals surface area contributed by atoms with E-state index in [0.29, 0.717) is 17.5 Å². The molecule has 2 heterocycles. The Morgan fingerprint density at radius 2 is 1.70 bits per heavy atom. The van der Waals surface area contributed by atoms with Gasteiger partial charge in [0.05, 0.1) is 25.4 Å². The van der Waals surface area contributed by atoms with Crippen LogP contribution in [-0.4, -0.2) is 116 Å². The van der Waals surface area contributed by atoms with Crippen molar-refractivity contribution in [2.24, 2.45) is 5.92 Å². The van der Waals surface area contributed by atoms with Crippen molar-refractivity contribution in [2.45, 2.75) is 81.1 Å². The summed E-state index contributed by atoms with van der Waals surface area (Å²) in [5, 5.41) is 14.2. The van der Waals surface area contributed by atoms with Gasteiger partial charge in [-0.2, -0.15) is 0 Å². The Morgan fingerprint density at radius 1 is 1.00 bits per heavy atom. The number of halogens is 1. The van der Waals surface area contributed by atoms with Gasteiger partial charge in [-0.25, -0.2) is 31.9 Å². The summed E-state index contributed by atoms with van der Waals surface area (Å²) in [4.78, 5) is 66.6. The van der Waals surface area contributed by atoms with Gasteiger partial charge in [-0.15, -0.1) is 6.58 Å². The number of hydrogen-bond donors (Lipinski definition) is 4. The molecule has 5 rings (SSSR count). The number of para-hydroxylation sites is 1. The van der Waals surface area contributed by atoms with Gasteiger partial charge in [-0.05, 0) is 51.3 Å². The Hall–Kier alpha value is -5.27. The van der Waals surface area contributed by atoms with Gasteiger partial charge in [0.2, 0.25) is 12.2 Å². The molecule has 0 spiro atoms. The van der Waals surface area contributed by atoms with Crippen molar-refractivity contribution in [2.75, 3.05) is 44.8 Å². The second-order valence-corrected chi connectivity index (χ2v) is 16.5. The highest BCUT2D eigenvalue weighted by Crippen LogP contribution is 2.45. The van der Waals surface area contributed by atoms with Gasteiger partial charge in [0.25, 0.3) is 15.9 Å². The number of carboxylic acids is 1. The molecule has 19 heteroatoms. The van der Waals surface area contributed by atoms with E-state index in [1.165, 1.54) is 24.3 Å². The summed E-state index contributed by atoms with van der Waals surface area (Å²) in [6, 6.07) is 11.2. The van der Waals surface area contributed by atoms with E-state index in [-0.39, 0.29) is 62.9 Å².